The van der Waals surface area contributed by atoms with E-state index in [9.17, 15) is 4.79 Å². The number of ether oxygens (including phenoxy) is 2. The second-order valence-corrected chi connectivity index (χ2v) is 5.84. The number of nitrogens with one attached hydrogen (secondary N) is 1. The van der Waals surface area contributed by atoms with Crippen molar-refractivity contribution in [3.63, 3.8) is 0 Å². The van der Waals surface area contributed by atoms with Gasteiger partial charge in [0.25, 0.3) is 0 Å². The number of hydrogen-bond donors (Lipinski definition) is 1. The Kier molecular flexibility index (Phi) is 5.43. The highest BCUT2D eigenvalue weighted by molar-refractivity contribution is 9.10. The van der Waals surface area contributed by atoms with Crippen molar-refractivity contribution >= 4 is 21.9 Å². The van der Waals surface area contributed by atoms with Crippen molar-refractivity contribution in [1.82, 2.24) is 5.32 Å². The Morgan fingerprint density at radius 2 is 2.25 bits per heavy atom. The molecule has 0 spiro atoms. The minimum absolute atomic E-state index is 0.337. The molecular weight excluding hydrogens is 322 g/mol. The van der Waals surface area contributed by atoms with Crippen molar-refractivity contribution in [3.8, 4) is 5.75 Å². The van der Waals surface area contributed by atoms with Gasteiger partial charge in [0.2, 0.25) is 0 Å². The van der Waals surface area contributed by atoms with Crippen molar-refractivity contribution in [2.24, 2.45) is 0 Å². The van der Waals surface area contributed by atoms with Crippen LogP contribution in [0.15, 0.2) is 22.7 Å². The van der Waals surface area contributed by atoms with Gasteiger partial charge in [0.1, 0.15) is 5.75 Å². The molecular formula is C15H20BrNO3. The third kappa shape index (κ3) is 4.49. The second kappa shape index (κ2) is 7.09. The summed E-state index contributed by atoms with van der Waals surface area (Å²) in [5, 5.41) is 3.45. The molecule has 1 saturated carbocycles. The van der Waals surface area contributed by atoms with Gasteiger partial charge in [-0.1, -0.05) is 15.9 Å². The summed E-state index contributed by atoms with van der Waals surface area (Å²) in [5.74, 6) is 0.387. The highest BCUT2D eigenvalue weighted by Crippen LogP contribution is 2.26. The Hall–Kier alpha value is -1.07. The van der Waals surface area contributed by atoms with Crippen molar-refractivity contribution < 1.29 is 14.3 Å². The van der Waals surface area contributed by atoms with Gasteiger partial charge in [-0.15, -0.1) is 0 Å². The molecule has 4 nitrogen and oxygen atoms in total. The zero-order valence-corrected chi connectivity index (χ0v) is 13.4. The lowest BCUT2D eigenvalue weighted by Crippen LogP contribution is -2.27. The molecule has 0 heterocycles. The van der Waals surface area contributed by atoms with Crippen LogP contribution in [0.1, 0.15) is 32.3 Å². The van der Waals surface area contributed by atoms with E-state index in [1.807, 2.05) is 18.2 Å². The van der Waals surface area contributed by atoms with Gasteiger partial charge in [0, 0.05) is 22.6 Å². The van der Waals surface area contributed by atoms with E-state index in [0.29, 0.717) is 12.6 Å². The number of carbonyl (C=O) groups excluding carboxylic acids is 1. The van der Waals surface area contributed by atoms with Crippen LogP contribution in [0.2, 0.25) is 0 Å². The Bertz CT molecular complexity index is 474. The van der Waals surface area contributed by atoms with Crippen LogP contribution < -0.4 is 10.1 Å². The van der Waals surface area contributed by atoms with Crippen molar-refractivity contribution in [2.75, 3.05) is 6.61 Å². The number of rotatable bonds is 7. The van der Waals surface area contributed by atoms with Crippen LogP contribution in [0.4, 0.5) is 0 Å². The third-order valence-electron chi connectivity index (χ3n) is 3.10. The lowest BCUT2D eigenvalue weighted by atomic mass is 10.2. The molecule has 0 amide bonds. The first-order valence-electron chi connectivity index (χ1n) is 6.95. The molecule has 0 bridgehead atoms. The maximum Gasteiger partial charge on any atom is 0.347 e. The van der Waals surface area contributed by atoms with E-state index >= 15 is 0 Å². The van der Waals surface area contributed by atoms with E-state index in [2.05, 4.69) is 21.2 Å². The number of carbonyl (C=O) groups is 1. The SMILES string of the molecule is CCOC(=O)C(C)Oc1ccc(Br)cc1CNC1CC1. The van der Waals surface area contributed by atoms with Crippen LogP contribution in [0.5, 0.6) is 5.75 Å². The van der Waals surface area contributed by atoms with E-state index in [1.165, 1.54) is 12.8 Å². The highest BCUT2D eigenvalue weighted by Gasteiger charge is 2.22. The first kappa shape index (κ1) is 15.3. The second-order valence-electron chi connectivity index (χ2n) is 4.92. The minimum atomic E-state index is -0.601. The van der Waals surface area contributed by atoms with Crippen molar-refractivity contribution in [2.45, 2.75) is 45.4 Å². The summed E-state index contributed by atoms with van der Waals surface area (Å²) in [6.07, 6.45) is 1.88. The fourth-order valence-electron chi connectivity index (χ4n) is 1.84. The molecule has 0 aromatic heterocycles. The van der Waals surface area contributed by atoms with Crippen LogP contribution in [0.3, 0.4) is 0 Å². The van der Waals surface area contributed by atoms with Gasteiger partial charge in [-0.3, -0.25) is 0 Å². The van der Waals surface area contributed by atoms with E-state index in [0.717, 1.165) is 22.3 Å². The molecule has 1 aliphatic carbocycles. The first-order chi connectivity index (χ1) is 9.60. The summed E-state index contributed by atoms with van der Waals surface area (Å²) in [6.45, 7) is 4.60. The maximum absolute atomic E-state index is 11.6. The molecule has 110 valence electrons. The quantitative estimate of drug-likeness (QED) is 0.774. The summed E-state index contributed by atoms with van der Waals surface area (Å²) >= 11 is 3.46. The average molecular weight is 342 g/mol. The van der Waals surface area contributed by atoms with Gasteiger partial charge in [-0.2, -0.15) is 0 Å². The molecule has 1 unspecified atom stereocenters. The fraction of sp³-hybridized carbons (Fsp3) is 0.533. The van der Waals surface area contributed by atoms with Crippen LogP contribution in [-0.2, 0) is 16.1 Å². The molecule has 1 aromatic carbocycles. The van der Waals surface area contributed by atoms with Gasteiger partial charge in [0.15, 0.2) is 6.10 Å². The minimum Gasteiger partial charge on any atom is -0.479 e. The summed E-state index contributed by atoms with van der Waals surface area (Å²) in [7, 11) is 0. The third-order valence-corrected chi connectivity index (χ3v) is 3.60. The van der Waals surface area contributed by atoms with Gasteiger partial charge in [0.05, 0.1) is 6.61 Å². The normalized spacial score (nSPS) is 15.8. The summed E-state index contributed by atoms with van der Waals surface area (Å²) in [6, 6.07) is 6.43. The Morgan fingerprint density at radius 1 is 1.50 bits per heavy atom. The zero-order valence-electron chi connectivity index (χ0n) is 11.8. The standard InChI is InChI=1S/C15H20BrNO3/c1-3-19-15(18)10(2)20-14-7-4-12(16)8-11(14)9-17-13-5-6-13/h4,7-8,10,13,17H,3,5-6,9H2,1-2H3. The van der Waals surface area contributed by atoms with Crippen LogP contribution in [-0.4, -0.2) is 24.7 Å². The highest BCUT2D eigenvalue weighted by atomic mass is 79.9. The lowest BCUT2D eigenvalue weighted by molar-refractivity contribution is -0.150. The molecule has 0 saturated heterocycles. The number of halogens is 1. The van der Waals surface area contributed by atoms with Gasteiger partial charge in [-0.05, 0) is 44.9 Å². The smallest absolute Gasteiger partial charge is 0.347 e. The van der Waals surface area contributed by atoms with Crippen molar-refractivity contribution in [1.29, 1.82) is 0 Å². The molecule has 1 aromatic rings. The fourth-order valence-corrected chi connectivity index (χ4v) is 2.25. The molecule has 1 atom stereocenters. The summed E-state index contributed by atoms with van der Waals surface area (Å²) < 4.78 is 11.7. The molecule has 2 rings (SSSR count). The topological polar surface area (TPSA) is 47.6 Å². The Balaban J connectivity index is 2.02. The van der Waals surface area contributed by atoms with E-state index in [-0.39, 0.29) is 5.97 Å². The zero-order chi connectivity index (χ0) is 14.5. The number of hydrogen-bond acceptors (Lipinski definition) is 4. The molecule has 20 heavy (non-hydrogen) atoms. The van der Waals surface area contributed by atoms with Crippen LogP contribution in [0, 0.1) is 0 Å². The first-order valence-corrected chi connectivity index (χ1v) is 7.74. The molecule has 1 aliphatic rings. The van der Waals surface area contributed by atoms with Gasteiger partial charge < -0.3 is 14.8 Å². The largest absolute Gasteiger partial charge is 0.479 e. The van der Waals surface area contributed by atoms with Crippen LogP contribution in [0.25, 0.3) is 0 Å². The summed E-state index contributed by atoms with van der Waals surface area (Å²) in [4.78, 5) is 11.6. The van der Waals surface area contributed by atoms with E-state index in [1.54, 1.807) is 13.8 Å². The van der Waals surface area contributed by atoms with Gasteiger partial charge >= 0.3 is 5.97 Å². The van der Waals surface area contributed by atoms with Crippen LogP contribution >= 0.6 is 15.9 Å². The molecule has 0 radical (unpaired) electrons. The lowest BCUT2D eigenvalue weighted by Gasteiger charge is -2.17. The molecule has 1 fully saturated rings. The van der Waals surface area contributed by atoms with Crippen molar-refractivity contribution in [3.05, 3.63) is 28.2 Å². The molecule has 0 aliphatic heterocycles. The Labute approximate surface area is 128 Å². The maximum atomic E-state index is 11.6. The molecule has 1 N–H and O–H groups in total. The molecule has 5 heteroatoms. The number of benzene rings is 1. The predicted octanol–water partition coefficient (Wildman–Crippen LogP) is 3.03. The Morgan fingerprint density at radius 3 is 2.90 bits per heavy atom. The monoisotopic (exact) mass is 341 g/mol. The predicted molar refractivity (Wildman–Crippen MR) is 80.7 cm³/mol. The summed E-state index contributed by atoms with van der Waals surface area (Å²) in [5.41, 5.74) is 1.04. The van der Waals surface area contributed by atoms with E-state index in [4.69, 9.17) is 9.47 Å². The van der Waals surface area contributed by atoms with Gasteiger partial charge in [-0.25, -0.2) is 4.79 Å². The average Bonchev–Trinajstić information content (AvgIpc) is 3.23. The van der Waals surface area contributed by atoms with E-state index < -0.39 is 6.10 Å². The number of esters is 1.